The van der Waals surface area contributed by atoms with Gasteiger partial charge in [-0.2, -0.15) is 0 Å². The average molecular weight is 263 g/mol. The third-order valence-corrected chi connectivity index (χ3v) is 3.84. The number of nitrogens with zero attached hydrogens (tertiary/aromatic N) is 1. The summed E-state index contributed by atoms with van der Waals surface area (Å²) in [7, 11) is 1.97. The van der Waals surface area contributed by atoms with Gasteiger partial charge in [0.15, 0.2) is 4.77 Å². The van der Waals surface area contributed by atoms with Crippen LogP contribution in [0.1, 0.15) is 12.8 Å². The molecule has 0 aliphatic carbocycles. The predicted molar refractivity (Wildman–Crippen MR) is 74.6 cm³/mol. The Bertz CT molecular complexity index is 610. The lowest BCUT2D eigenvalue weighted by Gasteiger charge is -2.24. The van der Waals surface area contributed by atoms with E-state index in [0.29, 0.717) is 6.10 Å². The summed E-state index contributed by atoms with van der Waals surface area (Å²) in [6.07, 6.45) is 2.43. The first-order valence-corrected chi connectivity index (χ1v) is 6.71. The summed E-state index contributed by atoms with van der Waals surface area (Å²) in [5.74, 6) is 0.925. The molecule has 1 aromatic heterocycles. The highest BCUT2D eigenvalue weighted by Crippen LogP contribution is 2.27. The van der Waals surface area contributed by atoms with Crippen molar-refractivity contribution in [3.05, 3.63) is 23.0 Å². The molecule has 4 nitrogen and oxygen atoms in total. The lowest BCUT2D eigenvalue weighted by molar-refractivity contribution is 0.164. The van der Waals surface area contributed by atoms with Crippen molar-refractivity contribution in [2.75, 3.05) is 13.1 Å². The number of imidazole rings is 1. The number of aryl methyl sites for hydroxylation is 1. The van der Waals surface area contributed by atoms with Crippen molar-refractivity contribution in [2.24, 2.45) is 7.05 Å². The van der Waals surface area contributed by atoms with Crippen LogP contribution in [0.3, 0.4) is 0 Å². The maximum Gasteiger partial charge on any atom is 0.177 e. The van der Waals surface area contributed by atoms with Crippen LogP contribution in [0.25, 0.3) is 11.0 Å². The highest BCUT2D eigenvalue weighted by atomic mass is 32.1. The zero-order valence-electron chi connectivity index (χ0n) is 10.4. The number of aromatic nitrogens is 2. The van der Waals surface area contributed by atoms with E-state index in [1.54, 1.807) is 0 Å². The normalized spacial score (nSPS) is 17.2. The van der Waals surface area contributed by atoms with E-state index < -0.39 is 0 Å². The number of hydrogen-bond donors (Lipinski definition) is 2. The molecule has 1 saturated heterocycles. The van der Waals surface area contributed by atoms with Gasteiger partial charge >= 0.3 is 0 Å². The van der Waals surface area contributed by atoms with Crippen LogP contribution in [-0.2, 0) is 7.05 Å². The van der Waals surface area contributed by atoms with Gasteiger partial charge in [0.25, 0.3) is 0 Å². The topological polar surface area (TPSA) is 42.0 Å². The van der Waals surface area contributed by atoms with E-state index in [2.05, 4.69) is 10.3 Å². The Labute approximate surface area is 111 Å². The molecule has 96 valence electrons. The number of rotatable bonds is 2. The molecule has 2 N–H and O–H groups in total. The van der Waals surface area contributed by atoms with Crippen LogP contribution < -0.4 is 10.1 Å². The maximum absolute atomic E-state index is 6.14. The number of aromatic amines is 1. The Kier molecular flexibility index (Phi) is 3.09. The summed E-state index contributed by atoms with van der Waals surface area (Å²) < 4.78 is 8.84. The van der Waals surface area contributed by atoms with Gasteiger partial charge in [-0.05, 0) is 50.3 Å². The summed E-state index contributed by atoms with van der Waals surface area (Å²) in [6.45, 7) is 2.07. The summed E-state index contributed by atoms with van der Waals surface area (Å²) in [5, 5.41) is 3.35. The number of fused-ring (bicyclic) bond motifs is 1. The van der Waals surface area contributed by atoms with Gasteiger partial charge in [0, 0.05) is 7.05 Å². The number of para-hydroxylation sites is 1. The molecule has 0 spiro atoms. The quantitative estimate of drug-likeness (QED) is 0.817. The van der Waals surface area contributed by atoms with E-state index in [4.69, 9.17) is 17.0 Å². The van der Waals surface area contributed by atoms with Gasteiger partial charge in [-0.1, -0.05) is 6.07 Å². The van der Waals surface area contributed by atoms with Gasteiger partial charge < -0.3 is 19.6 Å². The van der Waals surface area contributed by atoms with E-state index in [1.165, 1.54) is 0 Å². The number of hydrogen-bond acceptors (Lipinski definition) is 3. The Morgan fingerprint density at radius 2 is 2.11 bits per heavy atom. The second-order valence-corrected chi connectivity index (χ2v) is 5.10. The summed E-state index contributed by atoms with van der Waals surface area (Å²) >= 11 is 5.26. The first-order chi connectivity index (χ1) is 8.75. The van der Waals surface area contributed by atoms with Crippen LogP contribution in [-0.4, -0.2) is 28.7 Å². The molecule has 2 aromatic rings. The lowest BCUT2D eigenvalue weighted by Crippen LogP contribution is -2.34. The van der Waals surface area contributed by atoms with Crippen LogP contribution in [0.15, 0.2) is 18.2 Å². The number of benzene rings is 1. The molecule has 2 heterocycles. The van der Waals surface area contributed by atoms with Crippen LogP contribution in [0.4, 0.5) is 0 Å². The summed E-state index contributed by atoms with van der Waals surface area (Å²) in [4.78, 5) is 3.19. The molecule has 0 atom stereocenters. The predicted octanol–water partition coefficient (Wildman–Crippen LogP) is 2.37. The van der Waals surface area contributed by atoms with Crippen molar-refractivity contribution in [3.8, 4) is 5.75 Å². The molecule has 1 aliphatic rings. The number of piperidine rings is 1. The molecule has 0 unspecified atom stereocenters. The molecular formula is C13H17N3OS. The molecule has 1 aromatic carbocycles. The van der Waals surface area contributed by atoms with Gasteiger partial charge in [0.2, 0.25) is 0 Å². The Morgan fingerprint density at radius 3 is 2.89 bits per heavy atom. The fourth-order valence-corrected chi connectivity index (χ4v) is 2.66. The Balaban J connectivity index is 1.98. The van der Waals surface area contributed by atoms with Crippen LogP contribution in [0.2, 0.25) is 0 Å². The van der Waals surface area contributed by atoms with Gasteiger partial charge in [-0.15, -0.1) is 0 Å². The minimum Gasteiger partial charge on any atom is -0.488 e. The lowest BCUT2D eigenvalue weighted by atomic mass is 10.1. The van der Waals surface area contributed by atoms with E-state index >= 15 is 0 Å². The van der Waals surface area contributed by atoms with E-state index in [-0.39, 0.29) is 0 Å². The second kappa shape index (κ2) is 4.74. The third kappa shape index (κ3) is 2.04. The van der Waals surface area contributed by atoms with E-state index in [0.717, 1.165) is 47.5 Å². The van der Waals surface area contributed by atoms with Gasteiger partial charge in [-0.3, -0.25) is 0 Å². The monoisotopic (exact) mass is 263 g/mol. The summed E-state index contributed by atoms with van der Waals surface area (Å²) in [5.41, 5.74) is 2.09. The first kappa shape index (κ1) is 11.7. The molecule has 18 heavy (non-hydrogen) atoms. The highest BCUT2D eigenvalue weighted by Gasteiger charge is 2.16. The molecule has 5 heteroatoms. The third-order valence-electron chi connectivity index (χ3n) is 3.46. The van der Waals surface area contributed by atoms with Crippen molar-refractivity contribution < 1.29 is 4.74 Å². The molecular weight excluding hydrogens is 246 g/mol. The SMILES string of the molecule is Cn1c(=S)[nH]c2cccc(OC3CCNCC3)c21. The molecule has 0 saturated carbocycles. The zero-order valence-corrected chi connectivity index (χ0v) is 11.2. The Hall–Kier alpha value is -1.33. The van der Waals surface area contributed by atoms with Crippen molar-refractivity contribution in [1.82, 2.24) is 14.9 Å². The first-order valence-electron chi connectivity index (χ1n) is 6.31. The fourth-order valence-electron chi connectivity index (χ4n) is 2.46. The largest absolute Gasteiger partial charge is 0.488 e. The van der Waals surface area contributed by atoms with Gasteiger partial charge in [-0.25, -0.2) is 0 Å². The number of nitrogens with one attached hydrogen (secondary N) is 2. The van der Waals surface area contributed by atoms with Gasteiger partial charge in [0.05, 0.1) is 5.52 Å². The average Bonchev–Trinajstić information content (AvgIpc) is 2.67. The standard InChI is InChI=1S/C13H17N3OS/c1-16-12-10(15-13(16)18)3-2-4-11(12)17-9-5-7-14-8-6-9/h2-4,9,14H,5-8H2,1H3,(H,15,18). The molecule has 0 amide bonds. The van der Waals surface area contributed by atoms with Crippen LogP contribution >= 0.6 is 12.2 Å². The Morgan fingerprint density at radius 1 is 1.33 bits per heavy atom. The molecule has 0 radical (unpaired) electrons. The van der Waals surface area contributed by atoms with E-state index in [1.807, 2.05) is 29.8 Å². The van der Waals surface area contributed by atoms with Crippen molar-refractivity contribution in [1.29, 1.82) is 0 Å². The second-order valence-electron chi connectivity index (χ2n) is 4.71. The van der Waals surface area contributed by atoms with Crippen molar-refractivity contribution >= 4 is 23.3 Å². The van der Waals surface area contributed by atoms with Crippen molar-refractivity contribution in [2.45, 2.75) is 18.9 Å². The van der Waals surface area contributed by atoms with Gasteiger partial charge in [0.1, 0.15) is 17.4 Å². The highest BCUT2D eigenvalue weighted by molar-refractivity contribution is 7.71. The smallest absolute Gasteiger partial charge is 0.177 e. The maximum atomic E-state index is 6.14. The summed E-state index contributed by atoms with van der Waals surface area (Å²) in [6, 6.07) is 6.05. The minimum atomic E-state index is 0.306. The van der Waals surface area contributed by atoms with Crippen LogP contribution in [0.5, 0.6) is 5.75 Å². The van der Waals surface area contributed by atoms with E-state index in [9.17, 15) is 0 Å². The minimum absolute atomic E-state index is 0.306. The number of H-pyrrole nitrogens is 1. The molecule has 1 fully saturated rings. The fraction of sp³-hybridized carbons (Fsp3) is 0.462. The van der Waals surface area contributed by atoms with Crippen LogP contribution in [0, 0.1) is 4.77 Å². The molecule has 3 rings (SSSR count). The zero-order chi connectivity index (χ0) is 12.5. The number of ether oxygens (including phenoxy) is 1. The molecule has 1 aliphatic heterocycles. The molecule has 0 bridgehead atoms. The van der Waals surface area contributed by atoms with Crippen molar-refractivity contribution in [3.63, 3.8) is 0 Å².